The Hall–Kier alpha value is -2.22. The van der Waals surface area contributed by atoms with Gasteiger partial charge >= 0.3 is 0 Å². The van der Waals surface area contributed by atoms with Crippen molar-refractivity contribution in [1.29, 1.82) is 0 Å². The molecule has 1 aliphatic rings. The maximum absolute atomic E-state index is 12.2. The lowest BCUT2D eigenvalue weighted by Gasteiger charge is -2.24. The molecule has 0 aliphatic carbocycles. The van der Waals surface area contributed by atoms with Crippen LogP contribution in [0.5, 0.6) is 0 Å². The Morgan fingerprint density at radius 3 is 3.09 bits per heavy atom. The number of hydrogen-bond donors (Lipinski definition) is 2. The zero-order valence-corrected chi connectivity index (χ0v) is 12.6. The summed E-state index contributed by atoms with van der Waals surface area (Å²) in [4.78, 5) is 28.4. The van der Waals surface area contributed by atoms with Gasteiger partial charge in [-0.05, 0) is 32.4 Å². The molecule has 1 amide bonds. The number of anilines is 1. The van der Waals surface area contributed by atoms with Crippen LogP contribution in [0.3, 0.4) is 0 Å². The van der Waals surface area contributed by atoms with E-state index < -0.39 is 10.8 Å². The summed E-state index contributed by atoms with van der Waals surface area (Å²) in [6.45, 7) is 4.71. The Labute approximate surface area is 128 Å². The summed E-state index contributed by atoms with van der Waals surface area (Å²) in [5, 5.41) is 13.6. The average Bonchev–Trinajstić information content (AvgIpc) is 2.92. The Morgan fingerprint density at radius 1 is 1.64 bits per heavy atom. The normalized spacial score (nSPS) is 18.3. The second-order valence-corrected chi connectivity index (χ2v) is 5.43. The van der Waals surface area contributed by atoms with Crippen LogP contribution >= 0.6 is 0 Å². The number of hydrogen-bond acceptors (Lipinski definition) is 6. The maximum atomic E-state index is 12.2. The van der Waals surface area contributed by atoms with E-state index in [9.17, 15) is 14.9 Å². The molecule has 3 N–H and O–H groups in total. The SMILES string of the molecule is CCCN1CCC[C@H]1CNC(=O)c1cc([N+](=O)[O-])cnc1N. The highest BCUT2D eigenvalue weighted by atomic mass is 16.6. The van der Waals surface area contributed by atoms with E-state index in [1.54, 1.807) is 0 Å². The number of nitrogen functional groups attached to an aromatic ring is 1. The van der Waals surface area contributed by atoms with Gasteiger partial charge in [-0.3, -0.25) is 19.8 Å². The van der Waals surface area contributed by atoms with Gasteiger partial charge in [-0.1, -0.05) is 6.92 Å². The van der Waals surface area contributed by atoms with Crippen LogP contribution in [0.1, 0.15) is 36.5 Å². The van der Waals surface area contributed by atoms with Crippen LogP contribution in [0, 0.1) is 10.1 Å². The number of likely N-dealkylation sites (tertiary alicyclic amines) is 1. The van der Waals surface area contributed by atoms with E-state index in [0.717, 1.165) is 44.6 Å². The van der Waals surface area contributed by atoms with Crippen molar-refractivity contribution < 1.29 is 9.72 Å². The van der Waals surface area contributed by atoms with Gasteiger partial charge in [0.15, 0.2) is 0 Å². The molecule has 22 heavy (non-hydrogen) atoms. The summed E-state index contributed by atoms with van der Waals surface area (Å²) in [6, 6.07) is 1.48. The number of amides is 1. The van der Waals surface area contributed by atoms with E-state index in [1.807, 2.05) is 0 Å². The van der Waals surface area contributed by atoms with Crippen molar-refractivity contribution in [2.24, 2.45) is 0 Å². The van der Waals surface area contributed by atoms with Gasteiger partial charge in [0.2, 0.25) is 0 Å². The predicted octanol–water partition coefficient (Wildman–Crippen LogP) is 1.18. The molecule has 1 aromatic rings. The summed E-state index contributed by atoms with van der Waals surface area (Å²) < 4.78 is 0. The maximum Gasteiger partial charge on any atom is 0.288 e. The molecule has 8 nitrogen and oxygen atoms in total. The van der Waals surface area contributed by atoms with E-state index in [0.29, 0.717) is 12.6 Å². The standard InChI is InChI=1S/C14H21N5O3/c1-2-5-18-6-3-4-10(18)8-17-14(20)12-7-11(19(21)22)9-16-13(12)15/h7,9-10H,2-6,8H2,1H3,(H2,15,16)(H,17,20)/t10-/m0/s1. The third kappa shape index (κ3) is 3.70. The van der Waals surface area contributed by atoms with Crippen LogP contribution in [0.2, 0.25) is 0 Å². The summed E-state index contributed by atoms with van der Waals surface area (Å²) in [5.41, 5.74) is 5.45. The number of pyridine rings is 1. The Kier molecular flexibility index (Phi) is 5.26. The third-order valence-corrected chi connectivity index (χ3v) is 3.87. The molecule has 0 aromatic carbocycles. The summed E-state index contributed by atoms with van der Waals surface area (Å²) in [6.07, 6.45) is 4.29. The van der Waals surface area contributed by atoms with Gasteiger partial charge in [-0.2, -0.15) is 0 Å². The van der Waals surface area contributed by atoms with Crippen molar-refractivity contribution in [3.63, 3.8) is 0 Å². The molecule has 120 valence electrons. The fourth-order valence-electron chi connectivity index (χ4n) is 2.76. The Bertz CT molecular complexity index is 563. The highest BCUT2D eigenvalue weighted by Gasteiger charge is 2.24. The first-order valence-corrected chi connectivity index (χ1v) is 7.45. The molecule has 1 aromatic heterocycles. The minimum Gasteiger partial charge on any atom is -0.383 e. The zero-order chi connectivity index (χ0) is 16.1. The lowest BCUT2D eigenvalue weighted by atomic mass is 10.2. The number of nitrogens with two attached hydrogens (primary N) is 1. The van der Waals surface area contributed by atoms with E-state index in [-0.39, 0.29) is 17.1 Å². The third-order valence-electron chi connectivity index (χ3n) is 3.87. The van der Waals surface area contributed by atoms with Gasteiger partial charge < -0.3 is 11.1 Å². The molecule has 0 saturated carbocycles. The van der Waals surface area contributed by atoms with Crippen molar-refractivity contribution in [3.8, 4) is 0 Å². The largest absolute Gasteiger partial charge is 0.383 e. The molecule has 1 atom stereocenters. The van der Waals surface area contributed by atoms with Crippen molar-refractivity contribution in [2.45, 2.75) is 32.2 Å². The second kappa shape index (κ2) is 7.17. The Morgan fingerprint density at radius 2 is 2.41 bits per heavy atom. The highest BCUT2D eigenvalue weighted by Crippen LogP contribution is 2.18. The molecular weight excluding hydrogens is 286 g/mol. The highest BCUT2D eigenvalue weighted by molar-refractivity contribution is 5.98. The van der Waals surface area contributed by atoms with E-state index >= 15 is 0 Å². The second-order valence-electron chi connectivity index (χ2n) is 5.43. The molecule has 2 rings (SSSR count). The van der Waals surface area contributed by atoms with Crippen molar-refractivity contribution in [3.05, 3.63) is 27.9 Å². The number of aromatic nitrogens is 1. The molecule has 1 saturated heterocycles. The lowest BCUT2D eigenvalue weighted by molar-refractivity contribution is -0.385. The van der Waals surface area contributed by atoms with Crippen LogP contribution in [0.4, 0.5) is 11.5 Å². The van der Waals surface area contributed by atoms with E-state index in [2.05, 4.69) is 22.1 Å². The first-order valence-electron chi connectivity index (χ1n) is 7.45. The molecule has 0 unspecified atom stereocenters. The number of carbonyl (C=O) groups excluding carboxylic acids is 1. The predicted molar refractivity (Wildman–Crippen MR) is 82.5 cm³/mol. The minimum absolute atomic E-state index is 0.0000590. The van der Waals surface area contributed by atoms with Crippen molar-refractivity contribution in [1.82, 2.24) is 15.2 Å². The molecule has 0 bridgehead atoms. The number of rotatable bonds is 6. The van der Waals surface area contributed by atoms with Gasteiger partial charge in [0.05, 0.1) is 10.5 Å². The molecule has 0 spiro atoms. The fourth-order valence-corrected chi connectivity index (χ4v) is 2.76. The summed E-state index contributed by atoms with van der Waals surface area (Å²) >= 11 is 0. The molecule has 1 fully saturated rings. The molecule has 8 heteroatoms. The monoisotopic (exact) mass is 307 g/mol. The van der Waals surface area contributed by atoms with Crippen LogP contribution in [-0.2, 0) is 0 Å². The quantitative estimate of drug-likeness (QED) is 0.602. The van der Waals surface area contributed by atoms with Gasteiger partial charge in [0.25, 0.3) is 11.6 Å². The summed E-state index contributed by atoms with van der Waals surface area (Å²) in [5.74, 6) is -0.419. The first kappa shape index (κ1) is 16.2. The lowest BCUT2D eigenvalue weighted by Crippen LogP contribution is -2.40. The van der Waals surface area contributed by atoms with Crippen LogP contribution in [0.15, 0.2) is 12.3 Å². The average molecular weight is 307 g/mol. The number of nitrogens with zero attached hydrogens (tertiary/aromatic N) is 3. The minimum atomic E-state index is -0.594. The van der Waals surface area contributed by atoms with E-state index in [4.69, 9.17) is 5.73 Å². The summed E-state index contributed by atoms with van der Waals surface area (Å²) in [7, 11) is 0. The topological polar surface area (TPSA) is 114 Å². The fraction of sp³-hybridized carbons (Fsp3) is 0.571. The number of nitro groups is 1. The molecule has 1 aliphatic heterocycles. The van der Waals surface area contributed by atoms with Gasteiger partial charge in [-0.15, -0.1) is 0 Å². The first-order chi connectivity index (χ1) is 10.5. The van der Waals surface area contributed by atoms with Crippen molar-refractivity contribution in [2.75, 3.05) is 25.4 Å². The van der Waals surface area contributed by atoms with Crippen LogP contribution in [-0.4, -0.2) is 46.4 Å². The zero-order valence-electron chi connectivity index (χ0n) is 12.6. The van der Waals surface area contributed by atoms with Gasteiger partial charge in [-0.25, -0.2) is 4.98 Å². The van der Waals surface area contributed by atoms with E-state index in [1.165, 1.54) is 0 Å². The molecular formula is C14H21N5O3. The number of nitrogens with one attached hydrogen (secondary N) is 1. The smallest absolute Gasteiger partial charge is 0.288 e. The van der Waals surface area contributed by atoms with Crippen LogP contribution < -0.4 is 11.1 Å². The van der Waals surface area contributed by atoms with Crippen molar-refractivity contribution >= 4 is 17.4 Å². The van der Waals surface area contributed by atoms with Gasteiger partial charge in [0.1, 0.15) is 12.0 Å². The van der Waals surface area contributed by atoms with Crippen LogP contribution in [0.25, 0.3) is 0 Å². The van der Waals surface area contributed by atoms with Gasteiger partial charge in [0, 0.05) is 18.7 Å². The Balaban J connectivity index is 2.00. The number of carbonyl (C=O) groups is 1. The molecule has 2 heterocycles. The molecule has 0 radical (unpaired) electrons.